The van der Waals surface area contributed by atoms with E-state index in [0.717, 1.165) is 6.20 Å². The van der Waals surface area contributed by atoms with Crippen molar-refractivity contribution in [1.29, 1.82) is 0 Å². The first-order valence-electron chi connectivity index (χ1n) is 4.00. The molecule has 0 aliphatic carbocycles. The molecule has 0 N–H and O–H groups in total. The molecule has 0 radical (unpaired) electrons. The van der Waals surface area contributed by atoms with E-state index in [9.17, 15) is 13.2 Å². The van der Waals surface area contributed by atoms with Crippen LogP contribution in [-0.2, 0) is 6.18 Å². The Hall–Kier alpha value is -1.79. The summed E-state index contributed by atoms with van der Waals surface area (Å²) in [5.74, 6) is -0.817. The normalized spacial score (nSPS) is 12.0. The number of halogens is 3. The highest BCUT2D eigenvalue weighted by molar-refractivity contribution is 5.72. The Bertz CT molecular complexity index is 509. The number of alkyl halides is 3. The minimum Gasteiger partial charge on any atom is -0.241 e. The summed E-state index contributed by atoms with van der Waals surface area (Å²) in [5, 5.41) is 0.383. The highest BCUT2D eigenvalue weighted by Gasteiger charge is 2.34. The molecule has 2 rings (SSSR count). The van der Waals surface area contributed by atoms with Gasteiger partial charge in [-0.25, -0.2) is 19.9 Å². The summed E-state index contributed by atoms with van der Waals surface area (Å²) in [7, 11) is 0. The fourth-order valence-corrected chi connectivity index (χ4v) is 1.04. The number of fused-ring (bicyclic) bond motifs is 1. The van der Waals surface area contributed by atoms with Gasteiger partial charge in [0.05, 0.1) is 5.39 Å². The zero-order valence-electron chi connectivity index (χ0n) is 7.58. The maximum absolute atomic E-state index is 12.2. The summed E-state index contributed by atoms with van der Waals surface area (Å²) in [6.07, 6.45) is -2.10. The highest BCUT2D eigenvalue weighted by Crippen LogP contribution is 2.26. The minimum atomic E-state index is -4.55. The van der Waals surface area contributed by atoms with Gasteiger partial charge in [-0.3, -0.25) is 0 Å². The Morgan fingerprint density at radius 1 is 1.07 bits per heavy atom. The van der Waals surface area contributed by atoms with E-state index in [-0.39, 0.29) is 5.65 Å². The zero-order valence-corrected chi connectivity index (χ0v) is 7.58. The Morgan fingerprint density at radius 3 is 2.40 bits per heavy atom. The van der Waals surface area contributed by atoms with Crippen LogP contribution in [0.4, 0.5) is 13.2 Å². The predicted molar refractivity (Wildman–Crippen MR) is 44.9 cm³/mol. The van der Waals surface area contributed by atoms with Crippen molar-refractivity contribution in [3.05, 3.63) is 24.0 Å². The topological polar surface area (TPSA) is 51.6 Å². The highest BCUT2D eigenvalue weighted by atomic mass is 19.4. The van der Waals surface area contributed by atoms with Crippen LogP contribution in [0.1, 0.15) is 11.6 Å². The van der Waals surface area contributed by atoms with E-state index < -0.39 is 12.0 Å². The molecule has 0 aliphatic heterocycles. The molecule has 0 fully saturated rings. The molecule has 0 spiro atoms. The second kappa shape index (κ2) is 3.11. The number of hydrogen-bond donors (Lipinski definition) is 0. The second-order valence-corrected chi connectivity index (χ2v) is 2.89. The molecule has 2 aromatic rings. The van der Waals surface area contributed by atoms with Gasteiger partial charge in [0.1, 0.15) is 5.82 Å². The van der Waals surface area contributed by atoms with E-state index in [2.05, 4.69) is 19.9 Å². The molecule has 0 amide bonds. The zero-order chi connectivity index (χ0) is 11.1. The predicted octanol–water partition coefficient (Wildman–Crippen LogP) is 1.75. The van der Waals surface area contributed by atoms with Crippen molar-refractivity contribution in [2.75, 3.05) is 0 Å². The van der Waals surface area contributed by atoms with Crippen LogP contribution in [0.25, 0.3) is 11.0 Å². The van der Waals surface area contributed by atoms with Gasteiger partial charge < -0.3 is 0 Å². The Balaban J connectivity index is 2.64. The third-order valence-electron chi connectivity index (χ3n) is 1.71. The molecule has 0 aromatic carbocycles. The molecular weight excluding hydrogens is 209 g/mol. The molecule has 0 atom stereocenters. The first-order valence-corrected chi connectivity index (χ1v) is 4.00. The quantitative estimate of drug-likeness (QED) is 0.670. The molecule has 78 valence electrons. The largest absolute Gasteiger partial charge is 0.451 e. The van der Waals surface area contributed by atoms with Crippen molar-refractivity contribution in [3.8, 4) is 0 Å². The third-order valence-corrected chi connectivity index (χ3v) is 1.71. The Kier molecular flexibility index (Phi) is 2.02. The number of hydrogen-bond acceptors (Lipinski definition) is 4. The molecule has 0 saturated heterocycles. The summed E-state index contributed by atoms with van der Waals surface area (Å²) in [6, 6.07) is 0. The second-order valence-electron chi connectivity index (χ2n) is 2.89. The van der Waals surface area contributed by atoms with Crippen molar-refractivity contribution in [2.24, 2.45) is 0 Å². The summed E-state index contributed by atoms with van der Waals surface area (Å²) in [4.78, 5) is 14.1. The van der Waals surface area contributed by atoms with Gasteiger partial charge in [0, 0.05) is 12.4 Å². The standard InChI is InChI=1S/C8H5F3N4/c1-4-12-2-5-3-13-7(8(9,10)11)15-6(5)14-4/h2-3H,1H3. The number of aromatic nitrogens is 4. The third kappa shape index (κ3) is 1.85. The molecule has 0 bridgehead atoms. The average Bonchev–Trinajstić information content (AvgIpc) is 2.15. The summed E-state index contributed by atoms with van der Waals surface area (Å²) in [5.41, 5.74) is 0.00447. The summed E-state index contributed by atoms with van der Waals surface area (Å²) < 4.78 is 36.7. The SMILES string of the molecule is Cc1ncc2cnc(C(F)(F)F)nc2n1. The van der Waals surface area contributed by atoms with Gasteiger partial charge in [-0.2, -0.15) is 13.2 Å². The maximum Gasteiger partial charge on any atom is 0.451 e. The van der Waals surface area contributed by atoms with Crippen molar-refractivity contribution >= 4 is 11.0 Å². The first kappa shape index (κ1) is 9.75. The van der Waals surface area contributed by atoms with Crippen LogP contribution in [-0.4, -0.2) is 19.9 Å². The van der Waals surface area contributed by atoms with E-state index in [0.29, 0.717) is 11.2 Å². The van der Waals surface area contributed by atoms with Crippen LogP contribution in [0, 0.1) is 6.92 Å². The van der Waals surface area contributed by atoms with Crippen molar-refractivity contribution in [1.82, 2.24) is 19.9 Å². The fraction of sp³-hybridized carbons (Fsp3) is 0.250. The monoisotopic (exact) mass is 214 g/mol. The van der Waals surface area contributed by atoms with Crippen molar-refractivity contribution < 1.29 is 13.2 Å². The van der Waals surface area contributed by atoms with E-state index in [1.165, 1.54) is 6.20 Å². The summed E-state index contributed by atoms with van der Waals surface area (Å²) >= 11 is 0. The molecule has 7 heteroatoms. The van der Waals surface area contributed by atoms with Crippen LogP contribution in [0.15, 0.2) is 12.4 Å². The van der Waals surface area contributed by atoms with Gasteiger partial charge in [-0.15, -0.1) is 0 Å². The van der Waals surface area contributed by atoms with Crippen molar-refractivity contribution in [3.63, 3.8) is 0 Å². The molecule has 15 heavy (non-hydrogen) atoms. The van der Waals surface area contributed by atoms with Crippen LogP contribution in [0.3, 0.4) is 0 Å². The molecular formula is C8H5F3N4. The Morgan fingerprint density at radius 2 is 1.73 bits per heavy atom. The lowest BCUT2D eigenvalue weighted by Gasteiger charge is -2.04. The molecule has 0 aliphatic rings. The molecule has 0 unspecified atom stereocenters. The summed E-state index contributed by atoms with van der Waals surface area (Å²) in [6.45, 7) is 1.58. The molecule has 2 aromatic heterocycles. The van der Waals surface area contributed by atoms with E-state index in [1.807, 2.05) is 0 Å². The van der Waals surface area contributed by atoms with Gasteiger partial charge in [-0.1, -0.05) is 0 Å². The van der Waals surface area contributed by atoms with Crippen LogP contribution < -0.4 is 0 Å². The van der Waals surface area contributed by atoms with Gasteiger partial charge >= 0.3 is 6.18 Å². The van der Waals surface area contributed by atoms with Gasteiger partial charge in [0.2, 0.25) is 5.82 Å². The van der Waals surface area contributed by atoms with Gasteiger partial charge in [-0.05, 0) is 6.92 Å². The fourth-order valence-electron chi connectivity index (χ4n) is 1.04. The van der Waals surface area contributed by atoms with Crippen LogP contribution in [0.2, 0.25) is 0 Å². The van der Waals surface area contributed by atoms with Crippen LogP contribution in [0.5, 0.6) is 0 Å². The van der Waals surface area contributed by atoms with Crippen molar-refractivity contribution in [2.45, 2.75) is 13.1 Å². The van der Waals surface area contributed by atoms with Gasteiger partial charge in [0.15, 0.2) is 5.65 Å². The lowest BCUT2D eigenvalue weighted by Crippen LogP contribution is -2.11. The number of rotatable bonds is 0. The molecule has 0 saturated carbocycles. The smallest absolute Gasteiger partial charge is 0.241 e. The van der Waals surface area contributed by atoms with E-state index in [4.69, 9.17) is 0 Å². The van der Waals surface area contributed by atoms with Gasteiger partial charge in [0.25, 0.3) is 0 Å². The van der Waals surface area contributed by atoms with Crippen LogP contribution >= 0.6 is 0 Å². The number of nitrogens with zero attached hydrogens (tertiary/aromatic N) is 4. The molecule has 2 heterocycles. The van der Waals surface area contributed by atoms with E-state index >= 15 is 0 Å². The average molecular weight is 214 g/mol. The lowest BCUT2D eigenvalue weighted by molar-refractivity contribution is -0.144. The van der Waals surface area contributed by atoms with E-state index in [1.54, 1.807) is 6.92 Å². The number of aryl methyl sites for hydroxylation is 1. The Labute approximate surface area is 82.2 Å². The maximum atomic E-state index is 12.2. The molecule has 4 nitrogen and oxygen atoms in total. The minimum absolute atomic E-state index is 0.00447. The first-order chi connectivity index (χ1) is 6.97. The lowest BCUT2D eigenvalue weighted by atomic mass is 10.4.